The molecule has 0 aliphatic carbocycles. The van der Waals surface area contributed by atoms with Crippen LogP contribution in [0.2, 0.25) is 5.02 Å². The fourth-order valence-corrected chi connectivity index (χ4v) is 1.93. The zero-order valence-corrected chi connectivity index (χ0v) is 12.2. The number of nitrogens with one attached hydrogen (secondary N) is 2. The smallest absolute Gasteiger partial charge is 0.251 e. The van der Waals surface area contributed by atoms with Crippen molar-refractivity contribution in [3.63, 3.8) is 0 Å². The van der Waals surface area contributed by atoms with Gasteiger partial charge in [0.05, 0.1) is 10.7 Å². The maximum absolute atomic E-state index is 11.6. The molecule has 1 aromatic heterocycles. The van der Waals surface area contributed by atoms with E-state index < -0.39 is 0 Å². The van der Waals surface area contributed by atoms with Crippen molar-refractivity contribution in [1.82, 2.24) is 10.3 Å². The van der Waals surface area contributed by atoms with Crippen LogP contribution in [-0.4, -0.2) is 17.9 Å². The van der Waals surface area contributed by atoms with Crippen LogP contribution in [0.25, 0.3) is 0 Å². The van der Waals surface area contributed by atoms with E-state index in [2.05, 4.69) is 15.6 Å². The minimum Gasteiger partial charge on any atom is -0.380 e. The van der Waals surface area contributed by atoms with Gasteiger partial charge in [0.25, 0.3) is 5.91 Å². The number of benzene rings is 1. The topological polar surface area (TPSA) is 54.0 Å². The van der Waals surface area contributed by atoms with E-state index >= 15 is 0 Å². The fourth-order valence-electron chi connectivity index (χ4n) is 1.75. The molecule has 0 saturated carbocycles. The number of hydrogen-bond acceptors (Lipinski definition) is 3. The summed E-state index contributed by atoms with van der Waals surface area (Å²) >= 11 is 6.13. The maximum atomic E-state index is 11.6. The molecule has 1 amide bonds. The second kappa shape index (κ2) is 6.39. The third kappa shape index (κ3) is 3.48. The molecule has 0 atom stereocenters. The number of amides is 1. The normalized spacial score (nSPS) is 10.2. The maximum Gasteiger partial charge on any atom is 0.251 e. The molecule has 0 bridgehead atoms. The van der Waals surface area contributed by atoms with E-state index in [-0.39, 0.29) is 5.91 Å². The highest BCUT2D eigenvalue weighted by Crippen LogP contribution is 2.23. The van der Waals surface area contributed by atoms with Crippen molar-refractivity contribution in [3.8, 4) is 0 Å². The van der Waals surface area contributed by atoms with Crippen LogP contribution in [0.4, 0.5) is 5.69 Å². The van der Waals surface area contributed by atoms with Crippen molar-refractivity contribution in [2.75, 3.05) is 12.4 Å². The highest BCUT2D eigenvalue weighted by Gasteiger charge is 2.07. The summed E-state index contributed by atoms with van der Waals surface area (Å²) in [5.74, 6) is -0.137. The van der Waals surface area contributed by atoms with Gasteiger partial charge in [-0.2, -0.15) is 0 Å². The summed E-state index contributed by atoms with van der Waals surface area (Å²) in [7, 11) is 1.60. The van der Waals surface area contributed by atoms with Crippen LogP contribution in [0, 0.1) is 6.92 Å². The Hall–Kier alpha value is -2.07. The van der Waals surface area contributed by atoms with E-state index in [1.807, 2.05) is 25.3 Å². The van der Waals surface area contributed by atoms with Crippen LogP contribution < -0.4 is 10.6 Å². The molecule has 0 aliphatic heterocycles. The lowest BCUT2D eigenvalue weighted by Gasteiger charge is -2.10. The molecule has 0 fully saturated rings. The lowest BCUT2D eigenvalue weighted by Crippen LogP contribution is -2.17. The number of hydrogen-bond donors (Lipinski definition) is 2. The van der Waals surface area contributed by atoms with Crippen LogP contribution in [0.15, 0.2) is 36.5 Å². The Morgan fingerprint density at radius 3 is 2.75 bits per heavy atom. The zero-order valence-electron chi connectivity index (χ0n) is 11.4. The Balaban J connectivity index is 2.12. The third-order valence-corrected chi connectivity index (χ3v) is 3.24. The third-order valence-electron chi connectivity index (χ3n) is 2.91. The second-order valence-corrected chi connectivity index (χ2v) is 4.84. The highest BCUT2D eigenvalue weighted by atomic mass is 35.5. The summed E-state index contributed by atoms with van der Waals surface area (Å²) in [5.41, 5.74) is 3.33. The molecule has 1 aromatic carbocycles. The van der Waals surface area contributed by atoms with Crippen LogP contribution in [-0.2, 0) is 6.54 Å². The van der Waals surface area contributed by atoms with Gasteiger partial charge in [0.1, 0.15) is 0 Å². The molecule has 2 rings (SSSR count). The number of halogens is 1. The summed E-state index contributed by atoms with van der Waals surface area (Å²) in [4.78, 5) is 15.8. The summed E-state index contributed by atoms with van der Waals surface area (Å²) in [6, 6.07) is 9.11. The first-order chi connectivity index (χ1) is 9.60. The van der Waals surface area contributed by atoms with Gasteiger partial charge in [0, 0.05) is 31.0 Å². The number of carbonyl (C=O) groups excluding carboxylic acids is 1. The first kappa shape index (κ1) is 14.3. The van der Waals surface area contributed by atoms with E-state index in [9.17, 15) is 4.79 Å². The van der Waals surface area contributed by atoms with Crippen molar-refractivity contribution in [2.24, 2.45) is 0 Å². The van der Waals surface area contributed by atoms with E-state index in [1.54, 1.807) is 25.2 Å². The Morgan fingerprint density at radius 2 is 2.10 bits per heavy atom. The number of aryl methyl sites for hydroxylation is 1. The van der Waals surface area contributed by atoms with Gasteiger partial charge in [-0.1, -0.05) is 17.7 Å². The van der Waals surface area contributed by atoms with Gasteiger partial charge < -0.3 is 10.6 Å². The lowest BCUT2D eigenvalue weighted by atomic mass is 10.2. The summed E-state index contributed by atoms with van der Waals surface area (Å²) in [6.45, 7) is 2.55. The number of nitrogens with zero attached hydrogens (tertiary/aromatic N) is 1. The van der Waals surface area contributed by atoms with E-state index in [0.29, 0.717) is 17.1 Å². The average Bonchev–Trinajstić information content (AvgIpc) is 2.47. The quantitative estimate of drug-likeness (QED) is 0.910. The number of aromatic nitrogens is 1. The molecule has 0 unspecified atom stereocenters. The Labute approximate surface area is 123 Å². The number of anilines is 1. The van der Waals surface area contributed by atoms with E-state index in [0.717, 1.165) is 16.9 Å². The first-order valence-corrected chi connectivity index (χ1v) is 6.65. The SMILES string of the molecule is CNC(=O)c1ccc(Cl)c(NCc2ccc(C)nc2)c1. The molecule has 20 heavy (non-hydrogen) atoms. The monoisotopic (exact) mass is 289 g/mol. The van der Waals surface area contributed by atoms with E-state index in [1.165, 1.54) is 0 Å². The minimum atomic E-state index is -0.137. The number of pyridine rings is 1. The van der Waals surface area contributed by atoms with Crippen molar-refractivity contribution in [1.29, 1.82) is 0 Å². The van der Waals surface area contributed by atoms with Crippen LogP contribution >= 0.6 is 11.6 Å². The van der Waals surface area contributed by atoms with Crippen molar-refractivity contribution >= 4 is 23.2 Å². The molecule has 0 spiro atoms. The Kier molecular flexibility index (Phi) is 4.58. The molecular weight excluding hydrogens is 274 g/mol. The number of carbonyl (C=O) groups is 1. The van der Waals surface area contributed by atoms with Gasteiger partial charge in [-0.05, 0) is 36.8 Å². The number of rotatable bonds is 4. The standard InChI is InChI=1S/C15H16ClN3O/c1-10-3-4-11(8-18-10)9-19-14-7-12(15(20)17-2)5-6-13(14)16/h3-8,19H,9H2,1-2H3,(H,17,20). The summed E-state index contributed by atoms with van der Waals surface area (Å²) in [5, 5.41) is 6.39. The van der Waals surface area contributed by atoms with Gasteiger partial charge >= 0.3 is 0 Å². The van der Waals surface area contributed by atoms with Gasteiger partial charge in [-0.3, -0.25) is 9.78 Å². The molecule has 104 valence electrons. The predicted molar refractivity (Wildman–Crippen MR) is 81.1 cm³/mol. The van der Waals surface area contributed by atoms with Crippen LogP contribution in [0.3, 0.4) is 0 Å². The molecule has 4 nitrogen and oxygen atoms in total. The molecule has 0 aliphatic rings. The second-order valence-electron chi connectivity index (χ2n) is 4.44. The van der Waals surface area contributed by atoms with E-state index in [4.69, 9.17) is 11.6 Å². The largest absolute Gasteiger partial charge is 0.380 e. The lowest BCUT2D eigenvalue weighted by molar-refractivity contribution is 0.0963. The van der Waals surface area contributed by atoms with Crippen LogP contribution in [0.1, 0.15) is 21.6 Å². The van der Waals surface area contributed by atoms with Crippen molar-refractivity contribution < 1.29 is 4.79 Å². The predicted octanol–water partition coefficient (Wildman–Crippen LogP) is 3.02. The summed E-state index contributed by atoms with van der Waals surface area (Å²) in [6.07, 6.45) is 1.82. The average molecular weight is 290 g/mol. The molecular formula is C15H16ClN3O. The first-order valence-electron chi connectivity index (χ1n) is 6.27. The van der Waals surface area contributed by atoms with Gasteiger partial charge in [-0.15, -0.1) is 0 Å². The fraction of sp³-hybridized carbons (Fsp3) is 0.200. The van der Waals surface area contributed by atoms with Gasteiger partial charge in [-0.25, -0.2) is 0 Å². The molecule has 0 saturated heterocycles. The molecule has 0 radical (unpaired) electrons. The minimum absolute atomic E-state index is 0.137. The summed E-state index contributed by atoms with van der Waals surface area (Å²) < 4.78 is 0. The van der Waals surface area contributed by atoms with Crippen molar-refractivity contribution in [2.45, 2.75) is 13.5 Å². The zero-order chi connectivity index (χ0) is 14.5. The molecule has 2 aromatic rings. The van der Waals surface area contributed by atoms with Crippen molar-refractivity contribution in [3.05, 3.63) is 58.4 Å². The molecule has 1 heterocycles. The van der Waals surface area contributed by atoms with Gasteiger partial charge in [0.2, 0.25) is 0 Å². The molecule has 5 heteroatoms. The van der Waals surface area contributed by atoms with Crippen LogP contribution in [0.5, 0.6) is 0 Å². The Bertz CT molecular complexity index is 611. The Morgan fingerprint density at radius 1 is 1.30 bits per heavy atom. The molecule has 2 N–H and O–H groups in total. The highest BCUT2D eigenvalue weighted by molar-refractivity contribution is 6.33. The van der Waals surface area contributed by atoms with Gasteiger partial charge in [0.15, 0.2) is 0 Å².